The Morgan fingerprint density at radius 2 is 0.614 bits per heavy atom. The number of nitrogens with zero attached hydrogens (tertiary/aromatic N) is 1. The van der Waals surface area contributed by atoms with Crippen LogP contribution in [0.3, 0.4) is 0 Å². The molecule has 0 saturated heterocycles. The molecule has 0 aromatic rings. The zero-order chi connectivity index (χ0) is 64.1. The van der Waals surface area contributed by atoms with Crippen LogP contribution < -0.4 is 4.89 Å². The molecule has 0 aliphatic rings. The van der Waals surface area contributed by atoms with Gasteiger partial charge in [-0.15, -0.1) is 0 Å². The Morgan fingerprint density at radius 1 is 0.352 bits per heavy atom. The summed E-state index contributed by atoms with van der Waals surface area (Å²) in [5.41, 5.74) is 0. The minimum absolute atomic E-state index is 0.0491. The molecule has 0 spiro atoms. The second-order valence-corrected chi connectivity index (χ2v) is 24.5. The Hall–Kier alpha value is -5.15. The normalized spacial score (nSPS) is 14.4. The van der Waals surface area contributed by atoms with Gasteiger partial charge >= 0.3 is 11.9 Å². The number of carbonyl (C=O) groups is 2. The fourth-order valence-corrected chi connectivity index (χ4v) is 9.18. The van der Waals surface area contributed by atoms with Gasteiger partial charge in [-0.2, -0.15) is 0 Å². The summed E-state index contributed by atoms with van der Waals surface area (Å²) in [6.45, 7) is 3.93. The van der Waals surface area contributed by atoms with Crippen LogP contribution in [0.5, 0.6) is 0 Å². The van der Waals surface area contributed by atoms with E-state index < -0.39 is 32.5 Å². The van der Waals surface area contributed by atoms with Gasteiger partial charge in [0.05, 0.1) is 27.7 Å². The molecule has 0 bridgehead atoms. The SMILES string of the molecule is CC/C=C\C/C=C\C/C=C\C/C=C\C/C=C\C/C=C\C/C=C\C/C=C\CCCCCCCCCCCCCCC(=O)OC(COC(=O)CCCC/C=C\C/C=C\C/C=C\C/C=C\C/C=C\C/C=C\C/C=C\C/C=C\CC)COP(=O)([O-])OCC[N+](C)(C)C. The quantitative estimate of drug-likeness (QED) is 0.0195. The molecule has 0 N–H and O–H groups in total. The van der Waals surface area contributed by atoms with Gasteiger partial charge < -0.3 is 27.9 Å². The lowest BCUT2D eigenvalue weighted by molar-refractivity contribution is -0.870. The van der Waals surface area contributed by atoms with Crippen molar-refractivity contribution >= 4 is 19.8 Å². The van der Waals surface area contributed by atoms with Crippen molar-refractivity contribution in [3.8, 4) is 0 Å². The fourth-order valence-electron chi connectivity index (χ4n) is 8.45. The Kier molecular flexibility index (Phi) is 62.4. The molecule has 0 amide bonds. The predicted molar refractivity (Wildman–Crippen MR) is 378 cm³/mol. The van der Waals surface area contributed by atoms with Crippen molar-refractivity contribution in [3.63, 3.8) is 0 Å². The van der Waals surface area contributed by atoms with Crippen LogP contribution in [0.4, 0.5) is 0 Å². The number of likely N-dealkylation sites (N-methyl/N-ethyl adjacent to an activating group) is 1. The first-order valence-electron chi connectivity index (χ1n) is 34.1. The lowest BCUT2D eigenvalue weighted by Crippen LogP contribution is -2.37. The highest BCUT2D eigenvalue weighted by Gasteiger charge is 2.22. The number of hydrogen-bond acceptors (Lipinski definition) is 8. The Bertz CT molecular complexity index is 2190. The lowest BCUT2D eigenvalue weighted by atomic mass is 10.0. The zero-order valence-electron chi connectivity index (χ0n) is 56.1. The number of esters is 2. The number of allylic oxidation sites excluding steroid dienone is 32. The maximum atomic E-state index is 12.9. The average molecular weight is 1230 g/mol. The Labute approximate surface area is 539 Å². The lowest BCUT2D eigenvalue weighted by Gasteiger charge is -2.28. The molecular weight excluding hydrogens is 1110 g/mol. The van der Waals surface area contributed by atoms with Crippen LogP contribution in [-0.2, 0) is 32.7 Å². The minimum atomic E-state index is -4.67. The summed E-state index contributed by atoms with van der Waals surface area (Å²) in [6, 6.07) is 0. The number of hydrogen-bond donors (Lipinski definition) is 0. The van der Waals surface area contributed by atoms with Crippen molar-refractivity contribution < 1.29 is 42.1 Å². The summed E-state index contributed by atoms with van der Waals surface area (Å²) in [6.07, 6.45) is 104. The summed E-state index contributed by atoms with van der Waals surface area (Å²) >= 11 is 0. The van der Waals surface area contributed by atoms with Gasteiger partial charge in [0.2, 0.25) is 0 Å². The molecule has 0 saturated carbocycles. The van der Waals surface area contributed by atoms with Crippen LogP contribution >= 0.6 is 7.82 Å². The second kappa shape index (κ2) is 66.3. The molecule has 0 radical (unpaired) electrons. The number of unbranched alkanes of at least 4 members (excludes halogenated alkanes) is 14. The van der Waals surface area contributed by atoms with E-state index in [4.69, 9.17) is 18.5 Å². The largest absolute Gasteiger partial charge is 0.756 e. The number of phosphoric acid groups is 1. The Morgan fingerprint density at radius 3 is 0.932 bits per heavy atom. The number of rotatable bonds is 60. The smallest absolute Gasteiger partial charge is 0.306 e. The van der Waals surface area contributed by atoms with Gasteiger partial charge in [-0.05, 0) is 141 Å². The van der Waals surface area contributed by atoms with Gasteiger partial charge in [0.25, 0.3) is 7.82 Å². The summed E-state index contributed by atoms with van der Waals surface area (Å²) in [7, 11) is 1.11. The topological polar surface area (TPSA) is 111 Å². The van der Waals surface area contributed by atoms with E-state index >= 15 is 0 Å². The van der Waals surface area contributed by atoms with Crippen molar-refractivity contribution in [2.24, 2.45) is 0 Å². The molecule has 88 heavy (non-hydrogen) atoms. The van der Waals surface area contributed by atoms with Crippen molar-refractivity contribution in [2.45, 2.75) is 238 Å². The van der Waals surface area contributed by atoms with Gasteiger partial charge in [-0.25, -0.2) is 0 Å². The third-order valence-corrected chi connectivity index (χ3v) is 14.6. The molecule has 2 unspecified atom stereocenters. The molecule has 0 aromatic heterocycles. The van der Waals surface area contributed by atoms with Crippen LogP contribution in [0.2, 0.25) is 0 Å². The molecule has 2 atom stereocenters. The van der Waals surface area contributed by atoms with Crippen LogP contribution in [-0.4, -0.2) is 70.0 Å². The van der Waals surface area contributed by atoms with E-state index in [1.54, 1.807) is 0 Å². The molecule has 0 aliphatic carbocycles. The molecule has 494 valence electrons. The van der Waals surface area contributed by atoms with Gasteiger partial charge in [0, 0.05) is 12.8 Å². The zero-order valence-corrected chi connectivity index (χ0v) is 57.0. The van der Waals surface area contributed by atoms with E-state index in [1.807, 2.05) is 21.1 Å². The van der Waals surface area contributed by atoms with Crippen LogP contribution in [0.25, 0.3) is 0 Å². The van der Waals surface area contributed by atoms with Gasteiger partial charge in [0.1, 0.15) is 19.8 Å². The average Bonchev–Trinajstić information content (AvgIpc) is 3.68. The minimum Gasteiger partial charge on any atom is -0.756 e. The molecule has 0 rings (SSSR count). The molecule has 0 heterocycles. The first kappa shape index (κ1) is 82.8. The van der Waals surface area contributed by atoms with Crippen molar-refractivity contribution in [2.75, 3.05) is 47.5 Å². The van der Waals surface area contributed by atoms with Crippen LogP contribution in [0, 0.1) is 0 Å². The summed E-state index contributed by atoms with van der Waals surface area (Å²) < 4.78 is 34.2. The monoisotopic (exact) mass is 1230 g/mol. The summed E-state index contributed by atoms with van der Waals surface area (Å²) in [4.78, 5) is 38.0. The van der Waals surface area contributed by atoms with Gasteiger partial charge in [0.15, 0.2) is 6.10 Å². The van der Waals surface area contributed by atoms with E-state index in [2.05, 4.69) is 208 Å². The number of ether oxygens (including phenoxy) is 2. The van der Waals surface area contributed by atoms with E-state index in [1.165, 1.54) is 51.4 Å². The first-order chi connectivity index (χ1) is 43.0. The van der Waals surface area contributed by atoms with Gasteiger partial charge in [-0.3, -0.25) is 14.2 Å². The van der Waals surface area contributed by atoms with Gasteiger partial charge in [-0.1, -0.05) is 272 Å². The molecule has 10 heteroatoms. The molecular formula is C78H124NO8P. The van der Waals surface area contributed by atoms with Crippen molar-refractivity contribution in [1.29, 1.82) is 0 Å². The molecule has 0 aromatic carbocycles. The van der Waals surface area contributed by atoms with E-state index in [9.17, 15) is 19.0 Å². The van der Waals surface area contributed by atoms with Crippen molar-refractivity contribution in [3.05, 3.63) is 194 Å². The second-order valence-electron chi connectivity index (χ2n) is 23.1. The fraction of sp³-hybridized carbons (Fsp3) is 0.564. The van der Waals surface area contributed by atoms with E-state index in [-0.39, 0.29) is 26.1 Å². The highest BCUT2D eigenvalue weighted by Crippen LogP contribution is 2.38. The maximum Gasteiger partial charge on any atom is 0.306 e. The number of carbonyl (C=O) groups excluding carboxylic acids is 2. The van der Waals surface area contributed by atoms with Crippen molar-refractivity contribution in [1.82, 2.24) is 0 Å². The van der Waals surface area contributed by atoms with E-state index in [0.717, 1.165) is 141 Å². The van der Waals surface area contributed by atoms with Crippen LogP contribution in [0.15, 0.2) is 194 Å². The summed E-state index contributed by atoms with van der Waals surface area (Å²) in [5.74, 6) is -0.901. The first-order valence-corrected chi connectivity index (χ1v) is 35.6. The maximum absolute atomic E-state index is 12.9. The Balaban J connectivity index is 4.20. The molecule has 0 fully saturated rings. The molecule has 0 aliphatic heterocycles. The standard InChI is InChI=1S/C78H124NO8P/c1-6-8-10-12-14-16-18-20-22-24-26-28-30-32-34-35-36-37-38-39-40-41-42-43-45-47-49-51-53-55-57-59-61-63-65-67-69-71-78(81)87-76(75-86-88(82,83)85-73-72-79(3,4)5)74-84-77(80)70-68-66-64-62-60-58-56-54-52-50-48-46-44-33-31-29-27-25-23-21-19-17-15-13-11-9-7-2/h8-11,14-17,20-23,26-29,32-34,36-37,39-40,42-44,48,50,54,56,60,62,76H,6-7,12-13,18-19,24-25,30-31,35,38,41,45-47,49,51-53,55,57-59,61,63-75H2,1-5H3/b10-8-,11-9-,16-14-,17-15-,22-20-,23-21-,28-26-,29-27-,34-32-,37-36-,40-39-,43-42-,44-33-,50-48-,56-54-,62-60-. The van der Waals surface area contributed by atoms with Crippen LogP contribution in [0.1, 0.15) is 232 Å². The highest BCUT2D eigenvalue weighted by atomic mass is 31.2. The number of quaternary nitrogens is 1. The van der Waals surface area contributed by atoms with E-state index in [0.29, 0.717) is 23.9 Å². The molecule has 9 nitrogen and oxygen atoms in total. The summed E-state index contributed by atoms with van der Waals surface area (Å²) in [5, 5.41) is 0. The third-order valence-electron chi connectivity index (χ3n) is 13.6. The third kappa shape index (κ3) is 69.9. The number of phosphoric ester groups is 1. The predicted octanol–water partition coefficient (Wildman–Crippen LogP) is 21.9. The highest BCUT2D eigenvalue weighted by molar-refractivity contribution is 7.45.